The summed E-state index contributed by atoms with van der Waals surface area (Å²) in [6.45, 7) is 5.85. The van der Waals surface area contributed by atoms with Gasteiger partial charge in [-0.15, -0.1) is 5.73 Å². The van der Waals surface area contributed by atoms with Crippen molar-refractivity contribution in [1.82, 2.24) is 0 Å². The highest BCUT2D eigenvalue weighted by Crippen LogP contribution is 2.11. The second-order valence-electron chi connectivity index (χ2n) is 4.73. The molecule has 0 amide bonds. The summed E-state index contributed by atoms with van der Waals surface area (Å²) >= 11 is 0. The fraction of sp³-hybridized carbons (Fsp3) is 0.812. The summed E-state index contributed by atoms with van der Waals surface area (Å²) in [5.74, 6) is 0. The van der Waals surface area contributed by atoms with Crippen molar-refractivity contribution in [1.29, 1.82) is 0 Å². The molecule has 0 radical (unpaired) electrons. The van der Waals surface area contributed by atoms with Crippen LogP contribution in [0.15, 0.2) is 18.4 Å². The van der Waals surface area contributed by atoms with E-state index < -0.39 is 0 Å². The molecule has 16 heavy (non-hydrogen) atoms. The third kappa shape index (κ3) is 13.5. The fourth-order valence-electron chi connectivity index (χ4n) is 2.01. The molecule has 0 heteroatoms. The van der Waals surface area contributed by atoms with Crippen LogP contribution < -0.4 is 0 Å². The molecule has 0 fully saturated rings. The van der Waals surface area contributed by atoms with Gasteiger partial charge in [-0.05, 0) is 18.9 Å². The monoisotopic (exact) mass is 222 g/mol. The van der Waals surface area contributed by atoms with E-state index in [0.717, 1.165) is 0 Å². The molecular formula is C16H30. The highest BCUT2D eigenvalue weighted by Gasteiger charge is 1.92. The maximum atomic E-state index is 3.57. The molecule has 0 nitrogen and oxygen atoms in total. The second kappa shape index (κ2) is 14.5. The molecule has 0 N–H and O–H groups in total. The Morgan fingerprint density at radius 3 is 1.62 bits per heavy atom. The van der Waals surface area contributed by atoms with Crippen LogP contribution in [0, 0.1) is 0 Å². The normalized spacial score (nSPS) is 10.1. The number of allylic oxidation sites excluding steroid dienone is 1. The maximum Gasteiger partial charge on any atom is -0.0275 e. The highest BCUT2D eigenvalue weighted by molar-refractivity contribution is 4.74. The third-order valence-corrected chi connectivity index (χ3v) is 3.10. The molecule has 0 unspecified atom stereocenters. The van der Waals surface area contributed by atoms with Gasteiger partial charge in [0.25, 0.3) is 0 Å². The van der Waals surface area contributed by atoms with E-state index in [1.807, 2.05) is 6.08 Å². The smallest absolute Gasteiger partial charge is 0.0275 e. The predicted molar refractivity (Wildman–Crippen MR) is 74.8 cm³/mol. The van der Waals surface area contributed by atoms with E-state index in [0.29, 0.717) is 0 Å². The Labute approximate surface area is 103 Å². The van der Waals surface area contributed by atoms with Crippen molar-refractivity contribution in [2.24, 2.45) is 0 Å². The first-order chi connectivity index (χ1) is 7.91. The second-order valence-corrected chi connectivity index (χ2v) is 4.73. The van der Waals surface area contributed by atoms with Crippen molar-refractivity contribution in [3.8, 4) is 0 Å². The molecule has 0 rings (SSSR count). The van der Waals surface area contributed by atoms with E-state index in [-0.39, 0.29) is 0 Å². The van der Waals surface area contributed by atoms with Gasteiger partial charge in [-0.1, -0.05) is 77.7 Å². The summed E-state index contributed by atoms with van der Waals surface area (Å²) in [7, 11) is 0. The largest absolute Gasteiger partial charge is 0.133 e. The van der Waals surface area contributed by atoms with Gasteiger partial charge in [0.05, 0.1) is 0 Å². The van der Waals surface area contributed by atoms with Gasteiger partial charge in [-0.25, -0.2) is 0 Å². The average molecular weight is 222 g/mol. The molecule has 0 bridgehead atoms. The van der Waals surface area contributed by atoms with E-state index in [1.54, 1.807) is 0 Å². The number of unbranched alkanes of at least 4 members (excludes halogenated alkanes) is 11. The van der Waals surface area contributed by atoms with Crippen molar-refractivity contribution < 1.29 is 0 Å². The van der Waals surface area contributed by atoms with Crippen molar-refractivity contribution in [3.63, 3.8) is 0 Å². The van der Waals surface area contributed by atoms with Gasteiger partial charge in [-0.3, -0.25) is 0 Å². The van der Waals surface area contributed by atoms with Crippen LogP contribution in [0.25, 0.3) is 0 Å². The van der Waals surface area contributed by atoms with Crippen LogP contribution in [-0.4, -0.2) is 0 Å². The van der Waals surface area contributed by atoms with Crippen LogP contribution in [-0.2, 0) is 0 Å². The molecule has 0 spiro atoms. The van der Waals surface area contributed by atoms with Crippen LogP contribution in [0.2, 0.25) is 0 Å². The first-order valence-corrected chi connectivity index (χ1v) is 7.26. The Kier molecular flexibility index (Phi) is 14.1. The summed E-state index contributed by atoms with van der Waals surface area (Å²) in [5.41, 5.74) is 2.83. The number of hydrogen-bond donors (Lipinski definition) is 0. The van der Waals surface area contributed by atoms with Gasteiger partial charge in [0.15, 0.2) is 0 Å². The molecule has 0 aliphatic heterocycles. The fourth-order valence-corrected chi connectivity index (χ4v) is 2.01. The number of hydrogen-bond acceptors (Lipinski definition) is 0. The Morgan fingerprint density at radius 2 is 1.19 bits per heavy atom. The lowest BCUT2D eigenvalue weighted by Crippen LogP contribution is -1.81. The van der Waals surface area contributed by atoms with Crippen molar-refractivity contribution in [2.75, 3.05) is 0 Å². The standard InChI is InChI=1S/C16H30/c1-3-5-7-9-11-13-15-16-14-12-10-8-6-4-2/h5H,1,4,6-16H2,2H3. The van der Waals surface area contributed by atoms with Crippen LogP contribution in [0.1, 0.15) is 84.0 Å². The van der Waals surface area contributed by atoms with Crippen LogP contribution in [0.5, 0.6) is 0 Å². The van der Waals surface area contributed by atoms with Crippen LogP contribution in [0.4, 0.5) is 0 Å². The lowest BCUT2D eigenvalue weighted by atomic mass is 10.1. The van der Waals surface area contributed by atoms with Gasteiger partial charge >= 0.3 is 0 Å². The van der Waals surface area contributed by atoms with Crippen molar-refractivity contribution >= 4 is 0 Å². The molecule has 0 aliphatic rings. The lowest BCUT2D eigenvalue weighted by Gasteiger charge is -2.01. The summed E-state index contributed by atoms with van der Waals surface area (Å²) in [5, 5.41) is 0. The minimum Gasteiger partial charge on any atom is -0.133 e. The Balaban J connectivity index is 2.90. The van der Waals surface area contributed by atoms with E-state index in [4.69, 9.17) is 0 Å². The van der Waals surface area contributed by atoms with E-state index in [1.165, 1.54) is 77.0 Å². The zero-order valence-electron chi connectivity index (χ0n) is 11.3. The third-order valence-electron chi connectivity index (χ3n) is 3.10. The quantitative estimate of drug-likeness (QED) is 0.279. The minimum atomic E-state index is 1.17. The Morgan fingerprint density at radius 1 is 0.750 bits per heavy atom. The molecule has 0 heterocycles. The van der Waals surface area contributed by atoms with Crippen molar-refractivity contribution in [3.05, 3.63) is 18.4 Å². The Bertz CT molecular complexity index is 163. The summed E-state index contributed by atoms with van der Waals surface area (Å²) < 4.78 is 0. The Hall–Kier alpha value is -0.480. The predicted octanol–water partition coefficient (Wildman–Crippen LogP) is 6.03. The molecular weight excluding hydrogens is 192 g/mol. The van der Waals surface area contributed by atoms with Crippen LogP contribution >= 0.6 is 0 Å². The molecule has 0 aromatic heterocycles. The molecule has 0 aromatic carbocycles. The topological polar surface area (TPSA) is 0 Å². The maximum absolute atomic E-state index is 3.57. The van der Waals surface area contributed by atoms with Gasteiger partial charge in [-0.2, -0.15) is 0 Å². The van der Waals surface area contributed by atoms with Crippen LogP contribution in [0.3, 0.4) is 0 Å². The number of rotatable bonds is 12. The SMILES string of the molecule is C=C=CCCCCCCCCCCCCC. The zero-order valence-corrected chi connectivity index (χ0v) is 11.3. The molecule has 0 saturated heterocycles. The van der Waals surface area contributed by atoms with Crippen molar-refractivity contribution in [2.45, 2.75) is 84.0 Å². The molecule has 0 aromatic rings. The van der Waals surface area contributed by atoms with Gasteiger partial charge in [0, 0.05) is 0 Å². The summed E-state index contributed by atoms with van der Waals surface area (Å²) in [6.07, 6.45) is 18.8. The molecule has 0 atom stereocenters. The van der Waals surface area contributed by atoms with E-state index in [9.17, 15) is 0 Å². The average Bonchev–Trinajstić information content (AvgIpc) is 2.31. The first kappa shape index (κ1) is 15.5. The van der Waals surface area contributed by atoms with Gasteiger partial charge in [0.2, 0.25) is 0 Å². The highest BCUT2D eigenvalue weighted by atomic mass is 14.0. The van der Waals surface area contributed by atoms with Gasteiger partial charge in [0.1, 0.15) is 0 Å². The minimum absolute atomic E-state index is 1.17. The summed E-state index contributed by atoms with van der Waals surface area (Å²) in [4.78, 5) is 0. The van der Waals surface area contributed by atoms with Gasteiger partial charge < -0.3 is 0 Å². The lowest BCUT2D eigenvalue weighted by molar-refractivity contribution is 0.550. The van der Waals surface area contributed by atoms with E-state index >= 15 is 0 Å². The summed E-state index contributed by atoms with van der Waals surface area (Å²) in [6, 6.07) is 0. The zero-order chi connectivity index (χ0) is 11.9. The molecule has 0 saturated carbocycles. The molecule has 0 aliphatic carbocycles. The molecule has 94 valence electrons. The first-order valence-electron chi connectivity index (χ1n) is 7.26. The van der Waals surface area contributed by atoms with E-state index in [2.05, 4.69) is 19.2 Å².